The number of rotatable bonds is 3. The summed E-state index contributed by atoms with van der Waals surface area (Å²) in [5, 5.41) is 4.96. The Bertz CT molecular complexity index is 882. The molecule has 1 heterocycles. The van der Waals surface area contributed by atoms with E-state index in [4.69, 9.17) is 16.0 Å². The fraction of sp³-hybridized carbons (Fsp3) is 0.167. The molecule has 112 valence electrons. The summed E-state index contributed by atoms with van der Waals surface area (Å²) in [7, 11) is 0. The Labute approximate surface area is 133 Å². The Kier molecular flexibility index (Phi) is 3.90. The molecule has 0 saturated carbocycles. The SMILES string of the molecule is Cc1cc2oc(=O)cc(CNc3ccc(Cl)cc3)c2cc1C. The fourth-order valence-corrected chi connectivity index (χ4v) is 2.52. The summed E-state index contributed by atoms with van der Waals surface area (Å²) in [6.45, 7) is 4.61. The van der Waals surface area contributed by atoms with E-state index in [0.29, 0.717) is 17.2 Å². The maximum atomic E-state index is 11.7. The zero-order valence-electron chi connectivity index (χ0n) is 12.4. The van der Waals surface area contributed by atoms with Crippen LogP contribution >= 0.6 is 11.6 Å². The van der Waals surface area contributed by atoms with Crippen LogP contribution in [0.1, 0.15) is 16.7 Å². The van der Waals surface area contributed by atoms with Gasteiger partial charge in [0.2, 0.25) is 0 Å². The van der Waals surface area contributed by atoms with Crippen molar-refractivity contribution in [3.63, 3.8) is 0 Å². The van der Waals surface area contributed by atoms with E-state index >= 15 is 0 Å². The first kappa shape index (κ1) is 14.7. The smallest absolute Gasteiger partial charge is 0.336 e. The van der Waals surface area contributed by atoms with Crippen LogP contribution in [-0.4, -0.2) is 0 Å². The lowest BCUT2D eigenvalue weighted by molar-refractivity contribution is 0.559. The third-order valence-electron chi connectivity index (χ3n) is 3.77. The molecule has 0 fully saturated rings. The third kappa shape index (κ3) is 3.00. The number of nitrogens with one attached hydrogen (secondary N) is 1. The predicted octanol–water partition coefficient (Wildman–Crippen LogP) is 4.68. The molecule has 0 aliphatic rings. The van der Waals surface area contributed by atoms with Crippen LogP contribution in [0.25, 0.3) is 11.0 Å². The summed E-state index contributed by atoms with van der Waals surface area (Å²) < 4.78 is 5.31. The van der Waals surface area contributed by atoms with Crippen LogP contribution < -0.4 is 10.9 Å². The Hall–Kier alpha value is -2.26. The molecule has 0 saturated heterocycles. The van der Waals surface area contributed by atoms with Crippen molar-refractivity contribution in [3.8, 4) is 0 Å². The van der Waals surface area contributed by atoms with E-state index in [1.807, 2.05) is 37.3 Å². The number of benzene rings is 2. The first-order valence-electron chi connectivity index (χ1n) is 7.06. The average molecular weight is 314 g/mol. The van der Waals surface area contributed by atoms with Crippen molar-refractivity contribution in [2.75, 3.05) is 5.32 Å². The Morgan fingerprint density at radius 1 is 1.05 bits per heavy atom. The van der Waals surface area contributed by atoms with Gasteiger partial charge in [0.15, 0.2) is 0 Å². The summed E-state index contributed by atoms with van der Waals surface area (Å²) in [4.78, 5) is 11.7. The van der Waals surface area contributed by atoms with Crippen molar-refractivity contribution in [2.45, 2.75) is 20.4 Å². The highest BCUT2D eigenvalue weighted by molar-refractivity contribution is 6.30. The highest BCUT2D eigenvalue weighted by Gasteiger charge is 2.07. The van der Waals surface area contributed by atoms with E-state index < -0.39 is 0 Å². The molecule has 0 radical (unpaired) electrons. The van der Waals surface area contributed by atoms with Gasteiger partial charge in [0.05, 0.1) is 0 Å². The third-order valence-corrected chi connectivity index (χ3v) is 4.02. The van der Waals surface area contributed by atoms with Crippen LogP contribution in [0, 0.1) is 13.8 Å². The van der Waals surface area contributed by atoms with Crippen LogP contribution in [0.2, 0.25) is 5.02 Å². The lowest BCUT2D eigenvalue weighted by Gasteiger charge is -2.10. The van der Waals surface area contributed by atoms with Gasteiger partial charge in [-0.1, -0.05) is 11.6 Å². The minimum absolute atomic E-state index is 0.330. The lowest BCUT2D eigenvalue weighted by Crippen LogP contribution is -2.06. The van der Waals surface area contributed by atoms with E-state index in [2.05, 4.69) is 18.3 Å². The maximum Gasteiger partial charge on any atom is 0.336 e. The second-order valence-electron chi connectivity index (χ2n) is 5.38. The van der Waals surface area contributed by atoms with E-state index in [1.165, 1.54) is 5.56 Å². The van der Waals surface area contributed by atoms with Gasteiger partial charge in [-0.15, -0.1) is 0 Å². The Morgan fingerprint density at radius 3 is 2.45 bits per heavy atom. The number of hydrogen-bond donors (Lipinski definition) is 1. The second kappa shape index (κ2) is 5.85. The van der Waals surface area contributed by atoms with Gasteiger partial charge in [-0.3, -0.25) is 0 Å². The molecule has 0 bridgehead atoms. The summed E-state index contributed by atoms with van der Waals surface area (Å²) >= 11 is 5.88. The van der Waals surface area contributed by atoms with Gasteiger partial charge in [-0.2, -0.15) is 0 Å². The monoisotopic (exact) mass is 313 g/mol. The number of fused-ring (bicyclic) bond motifs is 1. The molecule has 4 heteroatoms. The van der Waals surface area contributed by atoms with Crippen molar-refractivity contribution >= 4 is 28.3 Å². The molecule has 0 spiro atoms. The van der Waals surface area contributed by atoms with Crippen LogP contribution in [0.15, 0.2) is 51.7 Å². The minimum atomic E-state index is -0.330. The highest BCUT2D eigenvalue weighted by Crippen LogP contribution is 2.22. The van der Waals surface area contributed by atoms with Crippen LogP contribution in [0.3, 0.4) is 0 Å². The average Bonchev–Trinajstić information content (AvgIpc) is 2.48. The molecule has 1 aromatic heterocycles. The number of aryl methyl sites for hydroxylation is 2. The fourth-order valence-electron chi connectivity index (χ4n) is 2.39. The zero-order valence-corrected chi connectivity index (χ0v) is 13.2. The molecular weight excluding hydrogens is 298 g/mol. The first-order valence-corrected chi connectivity index (χ1v) is 7.44. The predicted molar refractivity (Wildman–Crippen MR) is 90.7 cm³/mol. The highest BCUT2D eigenvalue weighted by atomic mass is 35.5. The number of hydrogen-bond acceptors (Lipinski definition) is 3. The standard InChI is InChI=1S/C18H16ClNO2/c1-11-7-16-13(9-18(21)22-17(16)8-12(11)2)10-20-15-5-3-14(19)4-6-15/h3-9,20H,10H2,1-2H3. The van der Waals surface area contributed by atoms with Gasteiger partial charge in [-0.05, 0) is 66.9 Å². The van der Waals surface area contributed by atoms with E-state index in [9.17, 15) is 4.79 Å². The topological polar surface area (TPSA) is 42.2 Å². The largest absolute Gasteiger partial charge is 0.423 e. The van der Waals surface area contributed by atoms with Crippen molar-refractivity contribution in [2.24, 2.45) is 0 Å². The molecular formula is C18H16ClNO2. The first-order chi connectivity index (χ1) is 10.5. The lowest BCUT2D eigenvalue weighted by atomic mass is 10.0. The number of anilines is 1. The van der Waals surface area contributed by atoms with Crippen LogP contribution in [0.4, 0.5) is 5.69 Å². The zero-order chi connectivity index (χ0) is 15.7. The molecule has 0 amide bonds. The summed E-state index contributed by atoms with van der Waals surface area (Å²) in [6, 6.07) is 13.0. The molecule has 0 aliphatic heterocycles. The van der Waals surface area contributed by atoms with E-state index in [1.54, 1.807) is 6.07 Å². The van der Waals surface area contributed by atoms with Gasteiger partial charge >= 0.3 is 5.63 Å². The molecule has 0 unspecified atom stereocenters. The normalized spacial score (nSPS) is 10.9. The molecule has 22 heavy (non-hydrogen) atoms. The minimum Gasteiger partial charge on any atom is -0.423 e. The van der Waals surface area contributed by atoms with Crippen molar-refractivity contribution in [1.29, 1.82) is 0 Å². The summed E-state index contributed by atoms with van der Waals surface area (Å²) in [5.41, 5.74) is 4.46. The Morgan fingerprint density at radius 2 is 1.73 bits per heavy atom. The van der Waals surface area contributed by atoms with Crippen LogP contribution in [0.5, 0.6) is 0 Å². The molecule has 0 aliphatic carbocycles. The van der Waals surface area contributed by atoms with Gasteiger partial charge in [-0.25, -0.2) is 4.79 Å². The number of halogens is 1. The quantitative estimate of drug-likeness (QED) is 0.714. The van der Waals surface area contributed by atoms with Gasteiger partial charge < -0.3 is 9.73 Å². The van der Waals surface area contributed by atoms with E-state index in [-0.39, 0.29) is 5.63 Å². The van der Waals surface area contributed by atoms with Crippen molar-refractivity contribution in [1.82, 2.24) is 0 Å². The molecule has 3 nitrogen and oxygen atoms in total. The van der Waals surface area contributed by atoms with Gasteiger partial charge in [0.25, 0.3) is 0 Å². The van der Waals surface area contributed by atoms with Crippen LogP contribution in [-0.2, 0) is 6.54 Å². The van der Waals surface area contributed by atoms with Gasteiger partial charge in [0.1, 0.15) is 5.58 Å². The Balaban J connectivity index is 1.97. The maximum absolute atomic E-state index is 11.7. The second-order valence-corrected chi connectivity index (χ2v) is 5.82. The molecule has 1 N–H and O–H groups in total. The van der Waals surface area contributed by atoms with Gasteiger partial charge in [0, 0.05) is 28.7 Å². The van der Waals surface area contributed by atoms with Crippen molar-refractivity contribution in [3.05, 3.63) is 74.6 Å². The molecule has 3 aromatic rings. The molecule has 3 rings (SSSR count). The molecule has 2 aromatic carbocycles. The summed E-state index contributed by atoms with van der Waals surface area (Å²) in [6.07, 6.45) is 0. The van der Waals surface area contributed by atoms with E-state index in [0.717, 1.165) is 22.2 Å². The van der Waals surface area contributed by atoms with Crippen molar-refractivity contribution < 1.29 is 4.42 Å². The molecule has 0 atom stereocenters. The summed E-state index contributed by atoms with van der Waals surface area (Å²) in [5.74, 6) is 0.